The van der Waals surface area contributed by atoms with Gasteiger partial charge >= 0.3 is 5.97 Å². The van der Waals surface area contributed by atoms with Gasteiger partial charge in [-0.05, 0) is 49.9 Å². The zero-order valence-corrected chi connectivity index (χ0v) is 17.5. The van der Waals surface area contributed by atoms with Crippen LogP contribution in [0.25, 0.3) is 0 Å². The maximum Gasteiger partial charge on any atom is 0.344 e. The summed E-state index contributed by atoms with van der Waals surface area (Å²) in [5.41, 5.74) is 2.59. The summed E-state index contributed by atoms with van der Waals surface area (Å²) < 4.78 is 10.4. The van der Waals surface area contributed by atoms with Gasteiger partial charge in [0.05, 0.1) is 5.69 Å². The Morgan fingerprint density at radius 1 is 1.24 bits per heavy atom. The minimum atomic E-state index is -0.600. The first-order chi connectivity index (χ1) is 13.8. The number of nitrogens with zero attached hydrogens (tertiary/aromatic N) is 2. The molecule has 1 aromatic carbocycles. The van der Waals surface area contributed by atoms with Crippen molar-refractivity contribution in [3.63, 3.8) is 0 Å². The lowest BCUT2D eigenvalue weighted by Gasteiger charge is -2.32. The van der Waals surface area contributed by atoms with E-state index in [1.165, 1.54) is 12.8 Å². The molecule has 0 radical (unpaired) electrons. The van der Waals surface area contributed by atoms with Crippen molar-refractivity contribution < 1.29 is 18.8 Å². The second-order valence-corrected chi connectivity index (χ2v) is 8.00. The van der Waals surface area contributed by atoms with Crippen molar-refractivity contribution in [2.24, 2.45) is 5.92 Å². The monoisotopic (exact) mass is 399 g/mol. The number of amides is 1. The summed E-state index contributed by atoms with van der Waals surface area (Å²) in [6, 6.07) is 7.75. The summed E-state index contributed by atoms with van der Waals surface area (Å²) in [6.07, 6.45) is 2.40. The number of ether oxygens (including phenoxy) is 1. The number of anilines is 2. The first kappa shape index (κ1) is 20.9. The van der Waals surface area contributed by atoms with Crippen LogP contribution in [0.5, 0.6) is 0 Å². The Labute approximate surface area is 171 Å². The number of aryl methyl sites for hydroxylation is 1. The van der Waals surface area contributed by atoms with E-state index in [1.807, 2.05) is 38.1 Å². The summed E-state index contributed by atoms with van der Waals surface area (Å²) >= 11 is 0. The third kappa shape index (κ3) is 5.16. The lowest BCUT2D eigenvalue weighted by molar-refractivity contribution is -0.119. The van der Waals surface area contributed by atoms with E-state index in [1.54, 1.807) is 6.92 Å². The highest BCUT2D eigenvalue weighted by Gasteiger charge is 2.24. The average molecular weight is 399 g/mol. The van der Waals surface area contributed by atoms with E-state index in [9.17, 15) is 9.59 Å². The number of nitrogens with one attached hydrogen (secondary N) is 1. The van der Waals surface area contributed by atoms with Crippen molar-refractivity contribution >= 4 is 23.3 Å². The molecule has 1 N–H and O–H groups in total. The highest BCUT2D eigenvalue weighted by molar-refractivity contribution is 5.96. The summed E-state index contributed by atoms with van der Waals surface area (Å²) in [7, 11) is 0. The predicted octanol–water partition coefficient (Wildman–Crippen LogP) is 4.14. The highest BCUT2D eigenvalue weighted by Crippen LogP contribution is 2.25. The SMILES string of the molecule is Cc1noc(C(C)C)c1C(=O)OCC(=O)Nc1ccc(N2CCC(C)CC2)cc1. The molecule has 7 nitrogen and oxygen atoms in total. The van der Waals surface area contributed by atoms with Crippen LogP contribution in [0.3, 0.4) is 0 Å². The molecule has 156 valence electrons. The van der Waals surface area contributed by atoms with Crippen LogP contribution in [0.1, 0.15) is 61.3 Å². The normalized spacial score (nSPS) is 14.9. The molecule has 0 aliphatic carbocycles. The number of hydrogen-bond acceptors (Lipinski definition) is 6. The van der Waals surface area contributed by atoms with Gasteiger partial charge in [0.2, 0.25) is 0 Å². The quantitative estimate of drug-likeness (QED) is 0.735. The largest absolute Gasteiger partial charge is 0.452 e. The van der Waals surface area contributed by atoms with Gasteiger partial charge < -0.3 is 19.5 Å². The number of esters is 1. The van der Waals surface area contributed by atoms with E-state index in [4.69, 9.17) is 9.26 Å². The van der Waals surface area contributed by atoms with E-state index in [-0.39, 0.29) is 12.5 Å². The van der Waals surface area contributed by atoms with Gasteiger partial charge in [0.15, 0.2) is 12.4 Å². The van der Waals surface area contributed by atoms with Crippen molar-refractivity contribution in [3.05, 3.63) is 41.3 Å². The minimum absolute atomic E-state index is 0.00536. The van der Waals surface area contributed by atoms with Crippen LogP contribution >= 0.6 is 0 Å². The lowest BCUT2D eigenvalue weighted by Crippen LogP contribution is -2.32. The topological polar surface area (TPSA) is 84.7 Å². The molecule has 0 bridgehead atoms. The summed E-state index contributed by atoms with van der Waals surface area (Å²) in [4.78, 5) is 26.9. The van der Waals surface area contributed by atoms with Gasteiger partial charge in [-0.3, -0.25) is 4.79 Å². The number of rotatable bonds is 6. The average Bonchev–Trinajstić information content (AvgIpc) is 3.09. The van der Waals surface area contributed by atoms with Crippen LogP contribution in [0.15, 0.2) is 28.8 Å². The zero-order chi connectivity index (χ0) is 21.0. The van der Waals surface area contributed by atoms with E-state index >= 15 is 0 Å². The molecule has 1 aromatic heterocycles. The van der Waals surface area contributed by atoms with Crippen LogP contribution < -0.4 is 10.2 Å². The van der Waals surface area contributed by atoms with Crippen molar-refractivity contribution in [2.45, 2.75) is 46.5 Å². The zero-order valence-electron chi connectivity index (χ0n) is 17.5. The lowest BCUT2D eigenvalue weighted by atomic mass is 9.99. The third-order valence-electron chi connectivity index (χ3n) is 5.25. The van der Waals surface area contributed by atoms with Gasteiger partial charge in [-0.1, -0.05) is 25.9 Å². The molecule has 1 amide bonds. The summed E-state index contributed by atoms with van der Waals surface area (Å²) in [6.45, 7) is 9.52. The second kappa shape index (κ2) is 9.11. The maximum absolute atomic E-state index is 12.3. The number of carbonyl (C=O) groups excluding carboxylic acids is 2. The first-order valence-corrected chi connectivity index (χ1v) is 10.1. The summed E-state index contributed by atoms with van der Waals surface area (Å²) in [5, 5.41) is 6.58. The minimum Gasteiger partial charge on any atom is -0.452 e. The fourth-order valence-electron chi connectivity index (χ4n) is 3.45. The Bertz CT molecular complexity index is 849. The Hall–Kier alpha value is -2.83. The Morgan fingerprint density at radius 2 is 1.90 bits per heavy atom. The third-order valence-corrected chi connectivity index (χ3v) is 5.25. The van der Waals surface area contributed by atoms with Gasteiger partial charge in [0, 0.05) is 30.4 Å². The molecule has 3 rings (SSSR count). The van der Waals surface area contributed by atoms with Crippen LogP contribution in [0.2, 0.25) is 0 Å². The molecule has 0 unspecified atom stereocenters. The van der Waals surface area contributed by atoms with E-state index < -0.39 is 11.9 Å². The smallest absolute Gasteiger partial charge is 0.344 e. The maximum atomic E-state index is 12.3. The van der Waals surface area contributed by atoms with Crippen LogP contribution in [-0.2, 0) is 9.53 Å². The molecule has 0 saturated carbocycles. The van der Waals surface area contributed by atoms with Crippen molar-refractivity contribution in [1.82, 2.24) is 5.16 Å². The van der Waals surface area contributed by atoms with Crippen LogP contribution in [-0.4, -0.2) is 36.7 Å². The van der Waals surface area contributed by atoms with Crippen LogP contribution in [0, 0.1) is 12.8 Å². The molecule has 29 heavy (non-hydrogen) atoms. The molecule has 7 heteroatoms. The molecule has 1 aliphatic heterocycles. The predicted molar refractivity (Wildman–Crippen MR) is 111 cm³/mol. The van der Waals surface area contributed by atoms with Gasteiger partial charge in [-0.25, -0.2) is 4.79 Å². The van der Waals surface area contributed by atoms with Crippen molar-refractivity contribution in [3.8, 4) is 0 Å². The second-order valence-electron chi connectivity index (χ2n) is 8.00. The molecule has 1 aliphatic rings. The number of aromatic nitrogens is 1. The van der Waals surface area contributed by atoms with E-state index in [0.717, 1.165) is 24.7 Å². The number of carbonyl (C=O) groups is 2. The Morgan fingerprint density at radius 3 is 2.52 bits per heavy atom. The molecule has 1 fully saturated rings. The molecular formula is C22H29N3O4. The highest BCUT2D eigenvalue weighted by atomic mass is 16.5. The van der Waals surface area contributed by atoms with Gasteiger partial charge in [0.1, 0.15) is 5.56 Å². The van der Waals surface area contributed by atoms with Gasteiger partial charge in [-0.2, -0.15) is 0 Å². The van der Waals surface area contributed by atoms with Gasteiger partial charge in [-0.15, -0.1) is 0 Å². The molecule has 1 saturated heterocycles. The Kier molecular flexibility index (Phi) is 6.56. The van der Waals surface area contributed by atoms with E-state index in [2.05, 4.69) is 22.3 Å². The first-order valence-electron chi connectivity index (χ1n) is 10.1. The molecule has 2 aromatic rings. The molecule has 2 heterocycles. The standard InChI is InChI=1S/C22H29N3O4/c1-14(2)21-20(16(4)24-29-21)22(27)28-13-19(26)23-17-5-7-18(8-6-17)25-11-9-15(3)10-12-25/h5-8,14-15H,9-13H2,1-4H3,(H,23,26). The fourth-order valence-corrected chi connectivity index (χ4v) is 3.45. The fraction of sp³-hybridized carbons (Fsp3) is 0.500. The number of hydrogen-bond donors (Lipinski definition) is 1. The Balaban J connectivity index is 1.52. The number of piperidine rings is 1. The van der Waals surface area contributed by atoms with Crippen molar-refractivity contribution in [2.75, 3.05) is 29.9 Å². The van der Waals surface area contributed by atoms with E-state index in [0.29, 0.717) is 22.7 Å². The number of benzene rings is 1. The molecule has 0 atom stereocenters. The van der Waals surface area contributed by atoms with Crippen LogP contribution in [0.4, 0.5) is 11.4 Å². The van der Waals surface area contributed by atoms with Crippen molar-refractivity contribution in [1.29, 1.82) is 0 Å². The molecule has 0 spiro atoms. The van der Waals surface area contributed by atoms with Gasteiger partial charge in [0.25, 0.3) is 5.91 Å². The summed E-state index contributed by atoms with van der Waals surface area (Å²) in [5.74, 6) is 0.256. The molecular weight excluding hydrogens is 370 g/mol.